The molecule has 3 aromatic rings. The number of Topliss-reactive ketones (excluding diaryl/α,β-unsaturated/α-hetero) is 1. The Labute approximate surface area is 187 Å². The number of nitrogens with zero attached hydrogens (tertiary/aromatic N) is 1. The van der Waals surface area contributed by atoms with Gasteiger partial charge in [-0.15, -0.1) is 0 Å². The summed E-state index contributed by atoms with van der Waals surface area (Å²) in [5, 5.41) is 11.1. The number of amides is 1. The molecule has 0 radical (unpaired) electrons. The molecule has 1 aliphatic heterocycles. The van der Waals surface area contributed by atoms with Crippen LogP contribution in [-0.4, -0.2) is 23.4 Å². The summed E-state index contributed by atoms with van der Waals surface area (Å²) in [4.78, 5) is 27.5. The summed E-state index contributed by atoms with van der Waals surface area (Å²) in [6.07, 6.45) is 0. The molecule has 7 heteroatoms. The zero-order chi connectivity index (χ0) is 22.1. The molecule has 1 aromatic heterocycles. The van der Waals surface area contributed by atoms with E-state index in [0.717, 1.165) is 4.47 Å². The number of furan rings is 1. The second kappa shape index (κ2) is 8.43. The molecule has 1 amide bonds. The van der Waals surface area contributed by atoms with Gasteiger partial charge < -0.3 is 14.3 Å². The van der Waals surface area contributed by atoms with Gasteiger partial charge in [-0.3, -0.25) is 14.5 Å². The maximum absolute atomic E-state index is 13.1. The van der Waals surface area contributed by atoms with Gasteiger partial charge in [-0.05, 0) is 68.4 Å². The molecule has 31 heavy (non-hydrogen) atoms. The van der Waals surface area contributed by atoms with Crippen LogP contribution in [0.1, 0.15) is 30.0 Å². The van der Waals surface area contributed by atoms with E-state index in [9.17, 15) is 14.7 Å². The number of ether oxygens (including phenoxy) is 1. The van der Waals surface area contributed by atoms with E-state index in [0.29, 0.717) is 35.1 Å². The molecule has 1 N–H and O–H groups in total. The van der Waals surface area contributed by atoms with Crippen LogP contribution in [0, 0.1) is 6.92 Å². The minimum Gasteiger partial charge on any atom is -0.507 e. The molecular formula is C24H20BrNO5. The van der Waals surface area contributed by atoms with E-state index in [-0.39, 0.29) is 11.3 Å². The Bertz CT molecular complexity index is 1180. The fraction of sp³-hybridized carbons (Fsp3) is 0.167. The van der Waals surface area contributed by atoms with Crippen LogP contribution in [-0.2, 0) is 9.59 Å². The first-order valence-corrected chi connectivity index (χ1v) is 10.6. The molecule has 158 valence electrons. The van der Waals surface area contributed by atoms with Crippen molar-refractivity contribution in [3.63, 3.8) is 0 Å². The van der Waals surface area contributed by atoms with Gasteiger partial charge in [0.15, 0.2) is 0 Å². The predicted octanol–water partition coefficient (Wildman–Crippen LogP) is 5.38. The lowest BCUT2D eigenvalue weighted by atomic mass is 9.99. The Balaban J connectivity index is 1.88. The number of carbonyl (C=O) groups excluding carboxylic acids is 2. The van der Waals surface area contributed by atoms with E-state index < -0.39 is 17.7 Å². The standard InChI is InChI=1S/C24H20BrNO5/c1-3-30-18-10-8-15(9-11-18)22(27)20-21(19-12-7-14(2)31-19)26(24(29)23(20)28)17-6-4-5-16(25)13-17/h4-13,21,27H,3H2,1-2H3/b22-20-. The van der Waals surface area contributed by atoms with Gasteiger partial charge in [-0.25, -0.2) is 0 Å². The molecule has 0 aliphatic carbocycles. The number of aryl methyl sites for hydroxylation is 1. The predicted molar refractivity (Wildman–Crippen MR) is 120 cm³/mol. The first kappa shape index (κ1) is 20.9. The minimum absolute atomic E-state index is 0.0246. The summed E-state index contributed by atoms with van der Waals surface area (Å²) in [6, 6.07) is 16.4. The molecule has 0 bridgehead atoms. The molecule has 1 atom stereocenters. The fourth-order valence-corrected chi connectivity index (χ4v) is 4.01. The number of ketones is 1. The first-order valence-electron chi connectivity index (χ1n) is 9.77. The van der Waals surface area contributed by atoms with Gasteiger partial charge in [0.25, 0.3) is 11.7 Å². The van der Waals surface area contributed by atoms with Crippen molar-refractivity contribution < 1.29 is 23.8 Å². The van der Waals surface area contributed by atoms with Crippen LogP contribution < -0.4 is 9.64 Å². The normalized spacial score (nSPS) is 17.9. The maximum Gasteiger partial charge on any atom is 0.300 e. The quantitative estimate of drug-likeness (QED) is 0.300. The van der Waals surface area contributed by atoms with E-state index in [2.05, 4.69) is 15.9 Å². The van der Waals surface area contributed by atoms with Crippen molar-refractivity contribution in [2.24, 2.45) is 0 Å². The van der Waals surface area contributed by atoms with Crippen LogP contribution in [0.4, 0.5) is 5.69 Å². The number of carbonyl (C=O) groups is 2. The molecule has 0 saturated carbocycles. The average molecular weight is 482 g/mol. The van der Waals surface area contributed by atoms with Crippen LogP contribution in [0.5, 0.6) is 5.75 Å². The Kier molecular flexibility index (Phi) is 5.69. The number of anilines is 1. The van der Waals surface area contributed by atoms with Crippen LogP contribution >= 0.6 is 15.9 Å². The third-order valence-corrected chi connectivity index (χ3v) is 5.49. The van der Waals surface area contributed by atoms with Gasteiger partial charge in [0.1, 0.15) is 29.1 Å². The summed E-state index contributed by atoms with van der Waals surface area (Å²) in [5.41, 5.74) is 0.897. The lowest BCUT2D eigenvalue weighted by molar-refractivity contribution is -0.132. The molecular weight excluding hydrogens is 462 g/mol. The Morgan fingerprint density at radius 2 is 1.87 bits per heavy atom. The monoisotopic (exact) mass is 481 g/mol. The second-order valence-electron chi connectivity index (χ2n) is 7.05. The zero-order valence-electron chi connectivity index (χ0n) is 17.0. The number of hydrogen-bond donors (Lipinski definition) is 1. The number of aliphatic hydroxyl groups excluding tert-OH is 1. The zero-order valence-corrected chi connectivity index (χ0v) is 18.5. The molecule has 1 aliphatic rings. The summed E-state index contributed by atoms with van der Waals surface area (Å²) in [7, 11) is 0. The number of rotatable bonds is 5. The molecule has 2 aromatic carbocycles. The van der Waals surface area contributed by atoms with Crippen molar-refractivity contribution in [2.75, 3.05) is 11.5 Å². The molecule has 6 nitrogen and oxygen atoms in total. The number of hydrogen-bond acceptors (Lipinski definition) is 5. The van der Waals surface area contributed by atoms with Gasteiger partial charge in [0, 0.05) is 15.7 Å². The van der Waals surface area contributed by atoms with E-state index in [1.54, 1.807) is 61.5 Å². The fourth-order valence-electron chi connectivity index (χ4n) is 3.63. The number of halogens is 1. The van der Waals surface area contributed by atoms with Crippen LogP contribution in [0.25, 0.3) is 5.76 Å². The summed E-state index contributed by atoms with van der Waals surface area (Å²) in [6.45, 7) is 4.17. The molecule has 2 heterocycles. The Morgan fingerprint density at radius 1 is 1.13 bits per heavy atom. The number of aliphatic hydroxyl groups is 1. The summed E-state index contributed by atoms with van der Waals surface area (Å²) >= 11 is 3.41. The SMILES string of the molecule is CCOc1ccc(/C(O)=C2/C(=O)C(=O)N(c3cccc(Br)c3)C2c2ccc(C)o2)cc1. The molecule has 4 rings (SSSR count). The van der Waals surface area contributed by atoms with Crippen LogP contribution in [0.3, 0.4) is 0 Å². The van der Waals surface area contributed by atoms with E-state index in [1.807, 2.05) is 13.0 Å². The van der Waals surface area contributed by atoms with Crippen molar-refractivity contribution in [3.05, 3.63) is 87.8 Å². The van der Waals surface area contributed by atoms with Gasteiger partial charge in [-0.1, -0.05) is 22.0 Å². The second-order valence-corrected chi connectivity index (χ2v) is 7.97. The minimum atomic E-state index is -0.894. The Morgan fingerprint density at radius 3 is 2.48 bits per heavy atom. The van der Waals surface area contributed by atoms with Crippen molar-refractivity contribution >= 4 is 39.1 Å². The van der Waals surface area contributed by atoms with E-state index in [4.69, 9.17) is 9.15 Å². The first-order chi connectivity index (χ1) is 14.9. The van der Waals surface area contributed by atoms with Crippen molar-refractivity contribution in [2.45, 2.75) is 19.9 Å². The van der Waals surface area contributed by atoms with Crippen molar-refractivity contribution in [1.82, 2.24) is 0 Å². The van der Waals surface area contributed by atoms with E-state index in [1.165, 1.54) is 4.90 Å². The molecule has 1 fully saturated rings. The van der Waals surface area contributed by atoms with Gasteiger partial charge in [0.2, 0.25) is 0 Å². The third-order valence-electron chi connectivity index (χ3n) is 5.00. The lowest BCUT2D eigenvalue weighted by Gasteiger charge is -2.23. The highest BCUT2D eigenvalue weighted by Crippen LogP contribution is 2.43. The highest BCUT2D eigenvalue weighted by molar-refractivity contribution is 9.10. The summed E-state index contributed by atoms with van der Waals surface area (Å²) in [5.74, 6) is -0.0973. The topological polar surface area (TPSA) is 80.0 Å². The van der Waals surface area contributed by atoms with Gasteiger partial charge in [-0.2, -0.15) is 0 Å². The highest BCUT2D eigenvalue weighted by Gasteiger charge is 2.48. The van der Waals surface area contributed by atoms with E-state index >= 15 is 0 Å². The molecule has 1 saturated heterocycles. The highest BCUT2D eigenvalue weighted by atomic mass is 79.9. The maximum atomic E-state index is 13.1. The number of benzene rings is 2. The van der Waals surface area contributed by atoms with Crippen molar-refractivity contribution in [3.8, 4) is 5.75 Å². The van der Waals surface area contributed by atoms with Crippen LogP contribution in [0.15, 0.2) is 75.1 Å². The van der Waals surface area contributed by atoms with Crippen LogP contribution in [0.2, 0.25) is 0 Å². The summed E-state index contributed by atoms with van der Waals surface area (Å²) < 4.78 is 12.0. The molecule has 1 unspecified atom stereocenters. The third kappa shape index (κ3) is 3.88. The van der Waals surface area contributed by atoms with Gasteiger partial charge >= 0.3 is 0 Å². The Hall–Kier alpha value is -3.32. The van der Waals surface area contributed by atoms with Gasteiger partial charge in [0.05, 0.1) is 12.2 Å². The average Bonchev–Trinajstić information content (AvgIpc) is 3.29. The lowest BCUT2D eigenvalue weighted by Crippen LogP contribution is -2.29. The smallest absolute Gasteiger partial charge is 0.300 e. The largest absolute Gasteiger partial charge is 0.507 e. The molecule has 0 spiro atoms. The van der Waals surface area contributed by atoms with Crippen molar-refractivity contribution in [1.29, 1.82) is 0 Å².